The van der Waals surface area contributed by atoms with Gasteiger partial charge in [-0.25, -0.2) is 0 Å². The Morgan fingerprint density at radius 2 is 0.887 bits per heavy atom. The van der Waals surface area contributed by atoms with E-state index in [0.29, 0.717) is 0 Å². The van der Waals surface area contributed by atoms with E-state index in [-0.39, 0.29) is 0 Å². The van der Waals surface area contributed by atoms with Gasteiger partial charge in [-0.2, -0.15) is 0 Å². The van der Waals surface area contributed by atoms with Crippen molar-refractivity contribution in [3.63, 3.8) is 0 Å². The van der Waals surface area contributed by atoms with Crippen LogP contribution in [0, 0.1) is 0 Å². The van der Waals surface area contributed by atoms with Crippen molar-refractivity contribution in [1.29, 1.82) is 0 Å². The van der Waals surface area contributed by atoms with E-state index in [1.165, 1.54) is 16.2 Å². The van der Waals surface area contributed by atoms with Crippen molar-refractivity contribution in [2.24, 2.45) is 0 Å². The Hall–Kier alpha value is -8.48. The number of para-hydroxylation sites is 5. The maximum absolute atomic E-state index is 6.36. The van der Waals surface area contributed by atoms with Crippen molar-refractivity contribution in [3.05, 3.63) is 212 Å². The van der Waals surface area contributed by atoms with Crippen molar-refractivity contribution in [3.8, 4) is 51.0 Å². The molecule has 0 amide bonds. The van der Waals surface area contributed by atoms with Crippen LogP contribution >= 0.6 is 0 Å². The Labute approximate surface area is 355 Å². The van der Waals surface area contributed by atoms with Gasteiger partial charge in [-0.15, -0.1) is 10.2 Å². The number of furan rings is 1. The maximum atomic E-state index is 6.36. The number of hydrogen-bond acceptors (Lipinski definition) is 3. The van der Waals surface area contributed by atoms with Gasteiger partial charge in [-0.05, 0) is 83.9 Å². The molecule has 6 nitrogen and oxygen atoms in total. The number of benzene rings is 9. The van der Waals surface area contributed by atoms with E-state index in [1.807, 2.05) is 30.3 Å². The third kappa shape index (κ3) is 5.10. The molecule has 0 aliphatic carbocycles. The lowest BCUT2D eigenvalue weighted by atomic mass is 10.0. The molecule has 9 aromatic carbocycles. The fraction of sp³-hybridized carbons (Fsp3) is 0. The summed E-state index contributed by atoms with van der Waals surface area (Å²) in [5.74, 6) is 1.57. The lowest BCUT2D eigenvalue weighted by molar-refractivity contribution is 0.669. The van der Waals surface area contributed by atoms with E-state index in [0.717, 1.165) is 100 Å². The normalized spacial score (nSPS) is 11.9. The molecule has 0 aliphatic rings. The van der Waals surface area contributed by atoms with Gasteiger partial charge in [-0.1, -0.05) is 140 Å². The molecule has 0 spiro atoms. The first kappa shape index (κ1) is 34.4. The van der Waals surface area contributed by atoms with Crippen LogP contribution in [0.3, 0.4) is 0 Å². The highest BCUT2D eigenvalue weighted by atomic mass is 16.3. The highest BCUT2D eigenvalue weighted by Gasteiger charge is 2.24. The first-order chi connectivity index (χ1) is 30.8. The Kier molecular flexibility index (Phi) is 7.50. The Morgan fingerprint density at radius 3 is 1.66 bits per heavy atom. The Balaban J connectivity index is 1.00. The minimum Gasteiger partial charge on any atom is -0.456 e. The zero-order valence-electron chi connectivity index (χ0n) is 33.4. The lowest BCUT2D eigenvalue weighted by Crippen LogP contribution is -2.02. The molecule has 0 N–H and O–H groups in total. The van der Waals surface area contributed by atoms with E-state index >= 15 is 0 Å². The summed E-state index contributed by atoms with van der Waals surface area (Å²) >= 11 is 0. The van der Waals surface area contributed by atoms with Gasteiger partial charge in [0, 0.05) is 60.5 Å². The molecule has 0 bridgehead atoms. The first-order valence-electron chi connectivity index (χ1n) is 20.9. The molecule has 6 heteroatoms. The molecule has 290 valence electrons. The molecule has 0 saturated carbocycles. The van der Waals surface area contributed by atoms with Gasteiger partial charge in [0.15, 0.2) is 11.6 Å². The molecule has 0 fully saturated rings. The number of rotatable bonds is 6. The molecule has 0 unspecified atom stereocenters. The van der Waals surface area contributed by atoms with Crippen LogP contribution < -0.4 is 0 Å². The van der Waals surface area contributed by atoms with Crippen LogP contribution in [0.1, 0.15) is 0 Å². The summed E-state index contributed by atoms with van der Waals surface area (Å²) < 4.78 is 13.3. The fourth-order valence-electron chi connectivity index (χ4n) is 9.72. The van der Waals surface area contributed by atoms with Crippen molar-refractivity contribution in [2.45, 2.75) is 0 Å². The first-order valence-corrected chi connectivity index (χ1v) is 20.9. The van der Waals surface area contributed by atoms with Crippen LogP contribution in [0.15, 0.2) is 217 Å². The molecule has 0 atom stereocenters. The van der Waals surface area contributed by atoms with Gasteiger partial charge < -0.3 is 13.6 Å². The lowest BCUT2D eigenvalue weighted by Gasteiger charge is -2.15. The third-order valence-electron chi connectivity index (χ3n) is 12.4. The third-order valence-corrected chi connectivity index (χ3v) is 12.4. The van der Waals surface area contributed by atoms with Crippen LogP contribution in [0.5, 0.6) is 0 Å². The average Bonchev–Trinajstić information content (AvgIpc) is 4.12. The second-order valence-corrected chi connectivity index (χ2v) is 15.8. The standard InChI is InChI=1S/C56H35N5O/c1-3-16-36(17-4-1)55-57-58-56(61(55)39-20-5-2-6-21-39)46-28-15-27-43-42-24-7-10-29-47(42)60(54(43)46)41-23-14-19-38(35-41)37-18-13-22-40(34-37)59-48-30-11-8-25-44(48)52-49(59)32-33-51-53(52)45-26-9-12-31-50(45)62-51/h1-35H. The van der Waals surface area contributed by atoms with Gasteiger partial charge in [0.2, 0.25) is 0 Å². The summed E-state index contributed by atoms with van der Waals surface area (Å²) in [4.78, 5) is 0. The largest absolute Gasteiger partial charge is 0.456 e. The second-order valence-electron chi connectivity index (χ2n) is 15.8. The topological polar surface area (TPSA) is 53.7 Å². The van der Waals surface area contributed by atoms with Crippen LogP contribution in [0.4, 0.5) is 0 Å². The minimum absolute atomic E-state index is 0.778. The van der Waals surface area contributed by atoms with Crippen molar-refractivity contribution >= 4 is 65.6 Å². The molecule has 0 saturated heterocycles. The van der Waals surface area contributed by atoms with E-state index in [9.17, 15) is 0 Å². The maximum Gasteiger partial charge on any atom is 0.171 e. The SMILES string of the molecule is c1ccc(-c2nnc(-c3cccc4c5ccccc5n(-c5cccc(-c6cccc(-n7c8ccccc8c8c9c(ccc87)oc7ccccc79)c6)c5)c34)n2-c2ccccc2)cc1. The van der Waals surface area contributed by atoms with Gasteiger partial charge in [0.1, 0.15) is 11.2 Å². The van der Waals surface area contributed by atoms with E-state index in [2.05, 4.69) is 196 Å². The van der Waals surface area contributed by atoms with Gasteiger partial charge in [0.05, 0.1) is 22.1 Å². The quantitative estimate of drug-likeness (QED) is 0.168. The predicted molar refractivity (Wildman–Crippen MR) is 254 cm³/mol. The predicted octanol–water partition coefficient (Wildman–Crippen LogP) is 14.4. The van der Waals surface area contributed by atoms with Gasteiger partial charge >= 0.3 is 0 Å². The second kappa shape index (κ2) is 13.5. The number of fused-ring (bicyclic) bond motifs is 10. The number of hydrogen-bond donors (Lipinski definition) is 0. The van der Waals surface area contributed by atoms with Crippen LogP contribution in [-0.4, -0.2) is 23.9 Å². The van der Waals surface area contributed by atoms with E-state index < -0.39 is 0 Å². The molecular formula is C56H35N5O. The zero-order chi connectivity index (χ0) is 40.7. The highest BCUT2D eigenvalue weighted by molar-refractivity contribution is 6.27. The fourth-order valence-corrected chi connectivity index (χ4v) is 9.72. The van der Waals surface area contributed by atoms with Crippen LogP contribution in [-0.2, 0) is 0 Å². The van der Waals surface area contributed by atoms with Gasteiger partial charge in [0.25, 0.3) is 0 Å². The molecule has 62 heavy (non-hydrogen) atoms. The van der Waals surface area contributed by atoms with Crippen LogP contribution in [0.25, 0.3) is 117 Å². The minimum atomic E-state index is 0.778. The van der Waals surface area contributed by atoms with Crippen LogP contribution in [0.2, 0.25) is 0 Å². The number of aromatic nitrogens is 5. The Bertz CT molecular complexity index is 3870. The van der Waals surface area contributed by atoms with Crippen molar-refractivity contribution in [1.82, 2.24) is 23.9 Å². The highest BCUT2D eigenvalue weighted by Crippen LogP contribution is 2.43. The van der Waals surface area contributed by atoms with Gasteiger partial charge in [-0.3, -0.25) is 4.57 Å². The Morgan fingerprint density at radius 1 is 0.323 bits per heavy atom. The molecular weight excluding hydrogens is 759 g/mol. The summed E-state index contributed by atoms with van der Waals surface area (Å²) in [6.07, 6.45) is 0. The monoisotopic (exact) mass is 793 g/mol. The number of nitrogens with zero attached hydrogens (tertiary/aromatic N) is 5. The molecule has 0 aliphatic heterocycles. The smallest absolute Gasteiger partial charge is 0.171 e. The van der Waals surface area contributed by atoms with Crippen molar-refractivity contribution in [2.75, 3.05) is 0 Å². The summed E-state index contributed by atoms with van der Waals surface area (Å²) in [5.41, 5.74) is 13.7. The summed E-state index contributed by atoms with van der Waals surface area (Å²) in [6, 6.07) is 75.1. The van der Waals surface area contributed by atoms with E-state index in [1.54, 1.807) is 0 Å². The average molecular weight is 794 g/mol. The summed E-state index contributed by atoms with van der Waals surface area (Å²) in [6.45, 7) is 0. The molecule has 0 radical (unpaired) electrons. The zero-order valence-corrected chi connectivity index (χ0v) is 33.4. The molecule has 4 aromatic heterocycles. The summed E-state index contributed by atoms with van der Waals surface area (Å²) in [7, 11) is 0. The van der Waals surface area contributed by atoms with Crippen molar-refractivity contribution < 1.29 is 4.42 Å². The molecule has 13 aromatic rings. The summed E-state index contributed by atoms with van der Waals surface area (Å²) in [5, 5.41) is 16.8. The molecule has 13 rings (SSSR count). The van der Waals surface area contributed by atoms with E-state index in [4.69, 9.17) is 14.6 Å². The molecule has 4 heterocycles.